The minimum Gasteiger partial charge on any atom is -0.353 e. The summed E-state index contributed by atoms with van der Waals surface area (Å²) in [6.45, 7) is 2.61. The van der Waals surface area contributed by atoms with Gasteiger partial charge in [-0.05, 0) is 51.3 Å². The van der Waals surface area contributed by atoms with Crippen molar-refractivity contribution in [2.75, 3.05) is 13.6 Å². The fourth-order valence-electron chi connectivity index (χ4n) is 4.19. The number of likely N-dealkylation sites (tertiary alicyclic amines) is 1. The number of nitrogens with one attached hydrogen (secondary N) is 2. The molecule has 2 N–H and O–H groups in total. The van der Waals surface area contributed by atoms with E-state index in [4.69, 9.17) is 0 Å². The first-order chi connectivity index (χ1) is 12.1. The quantitative estimate of drug-likeness (QED) is 0.861. The van der Waals surface area contributed by atoms with Crippen LogP contribution in [0, 0.1) is 5.92 Å². The highest BCUT2D eigenvalue weighted by molar-refractivity contribution is 5.98. The molecule has 5 nitrogen and oxygen atoms in total. The lowest BCUT2D eigenvalue weighted by Gasteiger charge is -2.33. The van der Waals surface area contributed by atoms with Crippen molar-refractivity contribution in [3.8, 4) is 0 Å². The van der Waals surface area contributed by atoms with Gasteiger partial charge in [0.2, 0.25) is 5.91 Å². The van der Waals surface area contributed by atoms with Crippen LogP contribution in [0.15, 0.2) is 30.3 Å². The molecule has 1 aromatic rings. The average Bonchev–Trinajstić information content (AvgIpc) is 3.05. The Morgan fingerprint density at radius 1 is 1.20 bits per heavy atom. The van der Waals surface area contributed by atoms with E-state index >= 15 is 0 Å². The molecule has 0 spiro atoms. The Morgan fingerprint density at radius 2 is 1.92 bits per heavy atom. The van der Waals surface area contributed by atoms with Crippen molar-refractivity contribution < 1.29 is 9.59 Å². The second-order valence-corrected chi connectivity index (χ2v) is 7.38. The van der Waals surface area contributed by atoms with Gasteiger partial charge in [0, 0.05) is 24.2 Å². The number of benzene rings is 1. The summed E-state index contributed by atoms with van der Waals surface area (Å²) >= 11 is 0. The molecule has 1 saturated heterocycles. The smallest absolute Gasteiger partial charge is 0.254 e. The van der Waals surface area contributed by atoms with Crippen LogP contribution in [-0.4, -0.2) is 48.4 Å². The number of carbonyl (C=O) groups is 2. The van der Waals surface area contributed by atoms with Crippen LogP contribution >= 0.6 is 0 Å². The Morgan fingerprint density at radius 3 is 2.64 bits per heavy atom. The summed E-state index contributed by atoms with van der Waals surface area (Å²) in [6, 6.07) is 9.44. The van der Waals surface area contributed by atoms with E-state index in [1.54, 1.807) is 0 Å². The molecule has 2 amide bonds. The number of hydrogen-bond acceptors (Lipinski definition) is 3. The molecule has 4 atom stereocenters. The van der Waals surface area contributed by atoms with E-state index in [1.165, 1.54) is 6.42 Å². The summed E-state index contributed by atoms with van der Waals surface area (Å²) in [5.41, 5.74) is 0.676. The third-order valence-corrected chi connectivity index (χ3v) is 5.72. The number of nitrogens with zero attached hydrogens (tertiary/aromatic N) is 1. The van der Waals surface area contributed by atoms with Crippen molar-refractivity contribution in [2.24, 2.45) is 5.92 Å². The van der Waals surface area contributed by atoms with Crippen molar-refractivity contribution in [3.05, 3.63) is 35.9 Å². The largest absolute Gasteiger partial charge is 0.353 e. The molecule has 1 aromatic carbocycles. The van der Waals surface area contributed by atoms with Gasteiger partial charge in [-0.2, -0.15) is 0 Å². The highest BCUT2D eigenvalue weighted by Gasteiger charge is 2.47. The van der Waals surface area contributed by atoms with E-state index in [2.05, 4.69) is 10.6 Å². The van der Waals surface area contributed by atoms with E-state index in [0.717, 1.165) is 25.7 Å². The first-order valence-corrected chi connectivity index (χ1v) is 9.44. The highest BCUT2D eigenvalue weighted by Crippen LogP contribution is 2.40. The third-order valence-electron chi connectivity index (χ3n) is 5.72. The second-order valence-electron chi connectivity index (χ2n) is 7.38. The molecule has 4 unspecified atom stereocenters. The van der Waals surface area contributed by atoms with E-state index in [-0.39, 0.29) is 29.9 Å². The summed E-state index contributed by atoms with van der Waals surface area (Å²) in [5, 5.41) is 6.15. The molecule has 3 rings (SSSR count). The van der Waals surface area contributed by atoms with Gasteiger partial charge in [-0.15, -0.1) is 0 Å². The maximum Gasteiger partial charge on any atom is 0.254 e. The molecular formula is C20H29N3O2. The van der Waals surface area contributed by atoms with Gasteiger partial charge in [0.25, 0.3) is 5.91 Å². The van der Waals surface area contributed by atoms with Gasteiger partial charge in [0.1, 0.15) is 6.04 Å². The van der Waals surface area contributed by atoms with Gasteiger partial charge in [0.15, 0.2) is 0 Å². The normalized spacial score (nSPS) is 26.8. The number of hydrogen-bond donors (Lipinski definition) is 2. The molecule has 136 valence electrons. The van der Waals surface area contributed by atoms with Crippen LogP contribution in [0.25, 0.3) is 0 Å². The van der Waals surface area contributed by atoms with Gasteiger partial charge in [0.05, 0.1) is 0 Å². The predicted octanol–water partition coefficient (Wildman–Crippen LogP) is 2.18. The Hall–Kier alpha value is -1.88. The molecule has 1 saturated carbocycles. The number of likely N-dealkylation sites (N-methyl/N-ethyl adjacent to an activating group) is 1. The molecule has 2 aliphatic rings. The molecule has 0 aromatic heterocycles. The zero-order valence-corrected chi connectivity index (χ0v) is 15.2. The lowest BCUT2D eigenvalue weighted by Crippen LogP contribution is -2.51. The molecule has 1 heterocycles. The number of rotatable bonds is 5. The fraction of sp³-hybridized carbons (Fsp3) is 0.600. The predicted molar refractivity (Wildman–Crippen MR) is 98.3 cm³/mol. The van der Waals surface area contributed by atoms with Crippen molar-refractivity contribution >= 4 is 11.8 Å². The lowest BCUT2D eigenvalue weighted by molar-refractivity contribution is -0.125. The molecule has 0 bridgehead atoms. The standard InChI is InChI=1S/C20H29N3O2/c1-14(21-2)13-22-19(24)18-12-16-10-6-7-11-17(16)23(18)20(25)15-8-4-3-5-9-15/h3-5,8-9,14,16-18,21H,6-7,10-13H2,1-2H3,(H,22,24). The van der Waals surface area contributed by atoms with Gasteiger partial charge in [-0.3, -0.25) is 9.59 Å². The van der Waals surface area contributed by atoms with Crippen molar-refractivity contribution in [2.45, 2.75) is 57.2 Å². The SMILES string of the molecule is CNC(C)CNC(=O)C1CC2CCCCC2N1C(=O)c1ccccc1. The molecule has 2 fully saturated rings. The minimum atomic E-state index is -0.343. The monoisotopic (exact) mass is 343 g/mol. The Bertz CT molecular complexity index is 604. The fourth-order valence-corrected chi connectivity index (χ4v) is 4.19. The summed E-state index contributed by atoms with van der Waals surface area (Å²) in [6.07, 6.45) is 5.29. The Labute approximate surface area is 150 Å². The average molecular weight is 343 g/mol. The third kappa shape index (κ3) is 3.87. The van der Waals surface area contributed by atoms with Crippen LogP contribution in [0.5, 0.6) is 0 Å². The van der Waals surface area contributed by atoms with Gasteiger partial charge in [-0.25, -0.2) is 0 Å². The maximum atomic E-state index is 13.1. The Kier molecular flexibility index (Phi) is 5.74. The van der Waals surface area contributed by atoms with Crippen LogP contribution in [0.3, 0.4) is 0 Å². The van der Waals surface area contributed by atoms with Crippen LogP contribution in [0.1, 0.15) is 49.4 Å². The summed E-state index contributed by atoms with van der Waals surface area (Å²) in [7, 11) is 1.88. The van der Waals surface area contributed by atoms with E-state index in [0.29, 0.717) is 18.0 Å². The van der Waals surface area contributed by atoms with E-state index < -0.39 is 0 Å². The molecule has 0 radical (unpaired) electrons. The molecule has 1 aliphatic heterocycles. The van der Waals surface area contributed by atoms with E-state index in [9.17, 15) is 9.59 Å². The van der Waals surface area contributed by atoms with Crippen LogP contribution in [-0.2, 0) is 4.79 Å². The first-order valence-electron chi connectivity index (χ1n) is 9.44. The molecular weight excluding hydrogens is 314 g/mol. The first kappa shape index (κ1) is 17.9. The molecule has 1 aliphatic carbocycles. The summed E-state index contributed by atoms with van der Waals surface area (Å²) < 4.78 is 0. The zero-order valence-electron chi connectivity index (χ0n) is 15.2. The maximum absolute atomic E-state index is 13.1. The van der Waals surface area contributed by atoms with Crippen LogP contribution < -0.4 is 10.6 Å². The number of amides is 2. The topological polar surface area (TPSA) is 61.4 Å². The van der Waals surface area contributed by atoms with Crippen molar-refractivity contribution in [1.82, 2.24) is 15.5 Å². The molecule has 25 heavy (non-hydrogen) atoms. The second kappa shape index (κ2) is 8.00. The van der Waals surface area contributed by atoms with Gasteiger partial charge >= 0.3 is 0 Å². The zero-order chi connectivity index (χ0) is 17.8. The van der Waals surface area contributed by atoms with E-state index in [1.807, 2.05) is 49.2 Å². The van der Waals surface area contributed by atoms with Crippen molar-refractivity contribution in [1.29, 1.82) is 0 Å². The van der Waals surface area contributed by atoms with Gasteiger partial charge in [-0.1, -0.05) is 31.0 Å². The molecule has 5 heteroatoms. The Balaban J connectivity index is 1.79. The summed E-state index contributed by atoms with van der Waals surface area (Å²) in [5.74, 6) is 0.441. The highest BCUT2D eigenvalue weighted by atomic mass is 16.2. The number of fused-ring (bicyclic) bond motifs is 1. The van der Waals surface area contributed by atoms with Crippen LogP contribution in [0.2, 0.25) is 0 Å². The summed E-state index contributed by atoms with van der Waals surface area (Å²) in [4.78, 5) is 27.9. The lowest BCUT2D eigenvalue weighted by atomic mass is 9.84. The minimum absolute atomic E-state index is 0.00295. The van der Waals surface area contributed by atoms with Crippen LogP contribution in [0.4, 0.5) is 0 Å². The van der Waals surface area contributed by atoms with Gasteiger partial charge < -0.3 is 15.5 Å². The van der Waals surface area contributed by atoms with Crippen molar-refractivity contribution in [3.63, 3.8) is 0 Å². The number of carbonyl (C=O) groups excluding carboxylic acids is 2.